The molecule has 0 aliphatic heterocycles. The molecule has 0 aliphatic rings. The molecule has 2 aromatic carbocycles. The molecule has 2 heterocycles. The van der Waals surface area contributed by atoms with Crippen LogP contribution in [-0.2, 0) is 32.2 Å². The van der Waals surface area contributed by atoms with E-state index in [4.69, 9.17) is 19.4 Å². The SMILES string of the molecule is CCN(Cc1ccnc2c(SSc3cccc4c(CN(CC)C(=O)COC)ccnc34)cccc12)C(=O)COC. The summed E-state index contributed by atoms with van der Waals surface area (Å²) in [7, 11) is 6.33. The number of amides is 2. The van der Waals surface area contributed by atoms with Gasteiger partial charge in [-0.1, -0.05) is 45.9 Å². The van der Waals surface area contributed by atoms with E-state index in [1.54, 1.807) is 43.8 Å². The van der Waals surface area contributed by atoms with Crippen LogP contribution >= 0.6 is 21.6 Å². The average Bonchev–Trinajstić information content (AvgIpc) is 2.97. The van der Waals surface area contributed by atoms with E-state index in [0.717, 1.165) is 42.7 Å². The minimum absolute atomic E-state index is 0.0380. The summed E-state index contributed by atoms with van der Waals surface area (Å²) in [6, 6.07) is 16.2. The number of carbonyl (C=O) groups excluding carboxylic acids is 2. The maximum absolute atomic E-state index is 12.5. The Morgan fingerprint density at radius 3 is 1.50 bits per heavy atom. The van der Waals surface area contributed by atoms with Crippen molar-refractivity contribution in [3.05, 3.63) is 72.1 Å². The predicted molar refractivity (Wildman–Crippen MR) is 161 cm³/mol. The maximum atomic E-state index is 12.5. The van der Waals surface area contributed by atoms with E-state index < -0.39 is 0 Å². The van der Waals surface area contributed by atoms with Crippen molar-refractivity contribution in [2.24, 2.45) is 0 Å². The Hall–Kier alpha value is -3.18. The first-order valence-corrected chi connectivity index (χ1v) is 15.3. The highest BCUT2D eigenvalue weighted by Crippen LogP contribution is 2.43. The Morgan fingerprint density at radius 1 is 0.700 bits per heavy atom. The van der Waals surface area contributed by atoms with Crippen molar-refractivity contribution in [2.75, 3.05) is 40.5 Å². The summed E-state index contributed by atoms with van der Waals surface area (Å²) >= 11 is 0. The molecule has 210 valence electrons. The first kappa shape index (κ1) is 29.8. The zero-order valence-electron chi connectivity index (χ0n) is 23.3. The fraction of sp³-hybridized carbons (Fsp3) is 0.333. The quantitative estimate of drug-likeness (QED) is 0.190. The van der Waals surface area contributed by atoms with Gasteiger partial charge in [-0.15, -0.1) is 0 Å². The largest absolute Gasteiger partial charge is 0.375 e. The molecule has 0 saturated carbocycles. The van der Waals surface area contributed by atoms with Gasteiger partial charge in [-0.3, -0.25) is 19.6 Å². The lowest BCUT2D eigenvalue weighted by Crippen LogP contribution is -2.33. The third kappa shape index (κ3) is 6.93. The fourth-order valence-corrected chi connectivity index (χ4v) is 6.78. The summed E-state index contributed by atoms with van der Waals surface area (Å²) < 4.78 is 10.1. The number of para-hydroxylation sites is 2. The normalized spacial score (nSPS) is 11.2. The van der Waals surface area contributed by atoms with Crippen LogP contribution in [0, 0.1) is 0 Å². The number of rotatable bonds is 13. The van der Waals surface area contributed by atoms with Crippen molar-refractivity contribution in [2.45, 2.75) is 36.7 Å². The number of nitrogens with zero attached hydrogens (tertiary/aromatic N) is 4. The molecule has 2 aromatic heterocycles. The first-order valence-electron chi connectivity index (χ1n) is 13.1. The van der Waals surface area contributed by atoms with Gasteiger partial charge in [0.2, 0.25) is 11.8 Å². The molecule has 4 rings (SSSR count). The second-order valence-electron chi connectivity index (χ2n) is 9.09. The molecular weight excluding hydrogens is 544 g/mol. The summed E-state index contributed by atoms with van der Waals surface area (Å²) in [5, 5.41) is 2.05. The molecular formula is C30H34N4O4S2. The number of likely N-dealkylation sites (N-methyl/N-ethyl adjacent to an activating group) is 2. The van der Waals surface area contributed by atoms with E-state index in [2.05, 4.69) is 24.3 Å². The third-order valence-corrected chi connectivity index (χ3v) is 9.03. The van der Waals surface area contributed by atoms with E-state index in [-0.39, 0.29) is 25.0 Å². The second-order valence-corrected chi connectivity index (χ2v) is 11.3. The zero-order chi connectivity index (χ0) is 28.5. The molecule has 8 nitrogen and oxygen atoms in total. The van der Waals surface area contributed by atoms with Crippen LogP contribution in [0.3, 0.4) is 0 Å². The molecule has 40 heavy (non-hydrogen) atoms. The van der Waals surface area contributed by atoms with E-state index >= 15 is 0 Å². The van der Waals surface area contributed by atoms with Crippen LogP contribution < -0.4 is 0 Å². The van der Waals surface area contributed by atoms with E-state index in [1.807, 2.05) is 38.1 Å². The molecule has 0 spiro atoms. The van der Waals surface area contributed by atoms with Gasteiger partial charge in [0, 0.05) is 73.4 Å². The Bertz CT molecular complexity index is 1370. The second kappa shape index (κ2) is 14.5. The highest BCUT2D eigenvalue weighted by atomic mass is 33.1. The summed E-state index contributed by atoms with van der Waals surface area (Å²) in [6.07, 6.45) is 3.61. The van der Waals surface area contributed by atoms with Gasteiger partial charge in [0.05, 0.1) is 11.0 Å². The van der Waals surface area contributed by atoms with Crippen LogP contribution in [0.15, 0.2) is 70.7 Å². The molecule has 0 atom stereocenters. The lowest BCUT2D eigenvalue weighted by Gasteiger charge is -2.22. The molecule has 0 saturated heterocycles. The third-order valence-electron chi connectivity index (χ3n) is 6.60. The Labute approximate surface area is 242 Å². The van der Waals surface area contributed by atoms with Gasteiger partial charge in [-0.25, -0.2) is 0 Å². The van der Waals surface area contributed by atoms with Crippen molar-refractivity contribution in [3.8, 4) is 0 Å². The van der Waals surface area contributed by atoms with E-state index in [0.29, 0.717) is 26.2 Å². The van der Waals surface area contributed by atoms with Gasteiger partial charge in [0.1, 0.15) is 13.2 Å². The molecule has 0 unspecified atom stereocenters. The Balaban J connectivity index is 1.58. The van der Waals surface area contributed by atoms with Crippen molar-refractivity contribution in [1.82, 2.24) is 19.8 Å². The molecule has 2 amide bonds. The summed E-state index contributed by atoms with van der Waals surface area (Å²) in [5.41, 5.74) is 3.89. The number of hydrogen-bond donors (Lipinski definition) is 0. The topological polar surface area (TPSA) is 84.9 Å². The number of benzene rings is 2. The smallest absolute Gasteiger partial charge is 0.248 e. The van der Waals surface area contributed by atoms with Crippen molar-refractivity contribution < 1.29 is 19.1 Å². The van der Waals surface area contributed by atoms with Crippen LogP contribution in [-0.4, -0.2) is 72.1 Å². The molecule has 10 heteroatoms. The van der Waals surface area contributed by atoms with E-state index in [9.17, 15) is 9.59 Å². The van der Waals surface area contributed by atoms with Crippen LogP contribution in [0.4, 0.5) is 0 Å². The molecule has 0 fully saturated rings. The summed E-state index contributed by atoms with van der Waals surface area (Å²) in [5.74, 6) is -0.0759. The Morgan fingerprint density at radius 2 is 1.12 bits per heavy atom. The summed E-state index contributed by atoms with van der Waals surface area (Å²) in [4.78, 5) is 39.9. The van der Waals surface area contributed by atoms with Gasteiger partial charge in [0.25, 0.3) is 0 Å². The van der Waals surface area contributed by atoms with E-state index in [1.165, 1.54) is 14.2 Å². The van der Waals surface area contributed by atoms with Gasteiger partial charge in [-0.05, 0) is 49.2 Å². The molecule has 0 bridgehead atoms. The van der Waals surface area contributed by atoms with Gasteiger partial charge < -0.3 is 19.3 Å². The number of ether oxygens (including phenoxy) is 2. The standard InChI is InChI=1S/C30H34N4O4S2/c1-5-33(27(35)19-37-3)17-21-13-15-31-29-23(21)9-7-11-25(29)39-40-26-12-8-10-24-22(14-16-32-30(24)26)18-34(6-2)28(36)20-38-4/h7-16H,5-6,17-20H2,1-4H3. The van der Waals surface area contributed by atoms with Crippen molar-refractivity contribution in [3.63, 3.8) is 0 Å². The predicted octanol–water partition coefficient (Wildman–Crippen LogP) is 5.57. The monoisotopic (exact) mass is 578 g/mol. The summed E-state index contributed by atoms with van der Waals surface area (Å²) in [6.45, 7) is 6.26. The zero-order valence-corrected chi connectivity index (χ0v) is 24.9. The molecule has 0 radical (unpaired) electrons. The van der Waals surface area contributed by atoms with Crippen LogP contribution in [0.25, 0.3) is 21.8 Å². The van der Waals surface area contributed by atoms with Crippen LogP contribution in [0.2, 0.25) is 0 Å². The first-order chi connectivity index (χ1) is 19.5. The molecule has 4 aromatic rings. The fourth-order valence-electron chi connectivity index (χ4n) is 4.51. The molecule has 0 N–H and O–H groups in total. The van der Waals surface area contributed by atoms with Gasteiger partial charge in [-0.2, -0.15) is 0 Å². The Kier molecular flexibility index (Phi) is 10.8. The number of fused-ring (bicyclic) bond motifs is 2. The van der Waals surface area contributed by atoms with Gasteiger partial charge >= 0.3 is 0 Å². The lowest BCUT2D eigenvalue weighted by molar-refractivity contribution is -0.136. The lowest BCUT2D eigenvalue weighted by atomic mass is 10.1. The number of methoxy groups -OCH3 is 2. The molecule has 0 aliphatic carbocycles. The number of carbonyl (C=O) groups is 2. The van der Waals surface area contributed by atoms with Crippen LogP contribution in [0.5, 0.6) is 0 Å². The highest BCUT2D eigenvalue weighted by molar-refractivity contribution is 8.76. The highest BCUT2D eigenvalue weighted by Gasteiger charge is 2.17. The number of pyridine rings is 2. The van der Waals surface area contributed by atoms with Crippen molar-refractivity contribution >= 4 is 55.2 Å². The van der Waals surface area contributed by atoms with Crippen molar-refractivity contribution in [1.29, 1.82) is 0 Å². The van der Waals surface area contributed by atoms with Gasteiger partial charge in [0.15, 0.2) is 0 Å². The minimum Gasteiger partial charge on any atom is -0.375 e. The maximum Gasteiger partial charge on any atom is 0.248 e. The number of aromatic nitrogens is 2. The number of hydrogen-bond acceptors (Lipinski definition) is 8. The van der Waals surface area contributed by atoms with Crippen LogP contribution in [0.1, 0.15) is 25.0 Å². The average molecular weight is 579 g/mol. The minimum atomic E-state index is -0.0380.